The molecule has 0 unspecified atom stereocenters. The van der Waals surface area contributed by atoms with E-state index in [1.54, 1.807) is 0 Å². The van der Waals surface area contributed by atoms with Crippen LogP contribution < -0.4 is 5.73 Å². The van der Waals surface area contributed by atoms with Crippen LogP contribution in [0.3, 0.4) is 0 Å². The molecule has 2 rings (SSSR count). The number of nitrogens with two attached hydrogens (primary N) is 1. The number of piperidine rings is 1. The molecular formula is C14H18BrN3O2. The van der Waals surface area contributed by atoms with Crippen LogP contribution in [0.25, 0.3) is 0 Å². The summed E-state index contributed by atoms with van der Waals surface area (Å²) < 4.78 is 0.901. The first-order chi connectivity index (χ1) is 9.52. The minimum Gasteiger partial charge on any atom is -0.409 e. The molecule has 0 bridgehead atoms. The van der Waals surface area contributed by atoms with Gasteiger partial charge in [0.2, 0.25) is 0 Å². The Morgan fingerprint density at radius 3 is 2.70 bits per heavy atom. The lowest BCUT2D eigenvalue weighted by Gasteiger charge is -2.31. The molecule has 0 radical (unpaired) electrons. The Morgan fingerprint density at radius 1 is 1.45 bits per heavy atom. The van der Waals surface area contributed by atoms with Crippen LogP contribution in [0.1, 0.15) is 28.8 Å². The highest BCUT2D eigenvalue weighted by atomic mass is 79.9. The van der Waals surface area contributed by atoms with Gasteiger partial charge in [-0.15, -0.1) is 0 Å². The van der Waals surface area contributed by atoms with Gasteiger partial charge in [0.25, 0.3) is 5.91 Å². The minimum absolute atomic E-state index is 0.0433. The van der Waals surface area contributed by atoms with Gasteiger partial charge in [-0.1, -0.05) is 27.2 Å². The molecule has 6 heteroatoms. The number of aryl methyl sites for hydroxylation is 1. The van der Waals surface area contributed by atoms with E-state index >= 15 is 0 Å². The quantitative estimate of drug-likeness (QED) is 0.375. The summed E-state index contributed by atoms with van der Waals surface area (Å²) in [5.41, 5.74) is 7.31. The zero-order chi connectivity index (χ0) is 14.7. The van der Waals surface area contributed by atoms with E-state index in [1.807, 2.05) is 30.0 Å². The maximum atomic E-state index is 12.5. The molecule has 1 fully saturated rings. The first kappa shape index (κ1) is 14.8. The number of carbonyl (C=O) groups is 1. The van der Waals surface area contributed by atoms with Gasteiger partial charge in [-0.3, -0.25) is 4.79 Å². The van der Waals surface area contributed by atoms with Gasteiger partial charge in [0.1, 0.15) is 5.84 Å². The van der Waals surface area contributed by atoms with Gasteiger partial charge in [0, 0.05) is 29.0 Å². The monoisotopic (exact) mass is 339 g/mol. The van der Waals surface area contributed by atoms with E-state index in [-0.39, 0.29) is 17.7 Å². The number of hydrogen-bond donors (Lipinski definition) is 2. The fourth-order valence-corrected chi connectivity index (χ4v) is 2.82. The number of likely N-dealkylation sites (tertiary alicyclic amines) is 1. The molecule has 20 heavy (non-hydrogen) atoms. The molecule has 1 aliphatic rings. The van der Waals surface area contributed by atoms with Crippen molar-refractivity contribution in [2.75, 3.05) is 13.1 Å². The SMILES string of the molecule is Cc1ccc(Br)cc1C(=O)N1CCC(C(N)=NO)CC1. The van der Waals surface area contributed by atoms with E-state index in [4.69, 9.17) is 10.9 Å². The highest BCUT2D eigenvalue weighted by Crippen LogP contribution is 2.22. The van der Waals surface area contributed by atoms with Crippen LogP contribution in [0.4, 0.5) is 0 Å². The summed E-state index contributed by atoms with van der Waals surface area (Å²) in [6.45, 7) is 3.19. The van der Waals surface area contributed by atoms with E-state index in [1.165, 1.54) is 0 Å². The van der Waals surface area contributed by atoms with Crippen molar-refractivity contribution < 1.29 is 10.0 Å². The van der Waals surface area contributed by atoms with Crippen molar-refractivity contribution >= 4 is 27.7 Å². The van der Waals surface area contributed by atoms with Gasteiger partial charge in [-0.2, -0.15) is 0 Å². The first-order valence-electron chi connectivity index (χ1n) is 6.55. The van der Waals surface area contributed by atoms with Gasteiger partial charge >= 0.3 is 0 Å². The van der Waals surface area contributed by atoms with E-state index in [2.05, 4.69) is 21.1 Å². The van der Waals surface area contributed by atoms with Crippen molar-refractivity contribution in [3.63, 3.8) is 0 Å². The first-order valence-corrected chi connectivity index (χ1v) is 7.35. The van der Waals surface area contributed by atoms with E-state index in [0.29, 0.717) is 13.1 Å². The molecule has 0 aromatic heterocycles. The van der Waals surface area contributed by atoms with Crippen molar-refractivity contribution in [3.8, 4) is 0 Å². The molecule has 3 N–H and O–H groups in total. The van der Waals surface area contributed by atoms with Crippen LogP contribution in [0.2, 0.25) is 0 Å². The molecule has 1 aromatic rings. The van der Waals surface area contributed by atoms with Crippen LogP contribution in [-0.4, -0.2) is 34.9 Å². The molecule has 0 saturated carbocycles. The summed E-state index contributed by atoms with van der Waals surface area (Å²) in [6.07, 6.45) is 1.46. The summed E-state index contributed by atoms with van der Waals surface area (Å²) in [5, 5.41) is 11.7. The maximum Gasteiger partial charge on any atom is 0.254 e. The molecule has 5 nitrogen and oxygen atoms in total. The van der Waals surface area contributed by atoms with Crippen LogP contribution in [-0.2, 0) is 0 Å². The van der Waals surface area contributed by atoms with Gasteiger partial charge in [0.15, 0.2) is 0 Å². The fraction of sp³-hybridized carbons (Fsp3) is 0.429. The average Bonchev–Trinajstić information content (AvgIpc) is 2.48. The maximum absolute atomic E-state index is 12.5. The molecule has 1 amide bonds. The molecule has 0 aliphatic carbocycles. The third-order valence-corrected chi connectivity index (χ3v) is 4.24. The number of oxime groups is 1. The Bertz CT molecular complexity index is 537. The van der Waals surface area contributed by atoms with Crippen molar-refractivity contribution in [2.45, 2.75) is 19.8 Å². The molecule has 1 saturated heterocycles. The van der Waals surface area contributed by atoms with Crippen molar-refractivity contribution in [1.82, 2.24) is 4.90 Å². The second-order valence-corrected chi connectivity index (χ2v) is 5.97. The third kappa shape index (κ3) is 3.12. The second-order valence-electron chi connectivity index (χ2n) is 5.05. The van der Waals surface area contributed by atoms with E-state index < -0.39 is 0 Å². The van der Waals surface area contributed by atoms with Crippen LogP contribution in [0.5, 0.6) is 0 Å². The van der Waals surface area contributed by atoms with Crippen LogP contribution in [0, 0.1) is 12.8 Å². The zero-order valence-corrected chi connectivity index (χ0v) is 12.9. The number of hydrogen-bond acceptors (Lipinski definition) is 3. The van der Waals surface area contributed by atoms with E-state index in [0.717, 1.165) is 28.4 Å². The van der Waals surface area contributed by atoms with Crippen molar-refractivity contribution in [2.24, 2.45) is 16.8 Å². The normalized spacial score (nSPS) is 17.3. The molecule has 1 aromatic carbocycles. The predicted molar refractivity (Wildman–Crippen MR) is 80.9 cm³/mol. The molecule has 1 aliphatic heterocycles. The summed E-state index contributed by atoms with van der Waals surface area (Å²) >= 11 is 3.40. The Kier molecular flexibility index (Phi) is 4.65. The van der Waals surface area contributed by atoms with Gasteiger partial charge in [0.05, 0.1) is 0 Å². The number of carbonyl (C=O) groups excluding carboxylic acids is 1. The van der Waals surface area contributed by atoms with E-state index in [9.17, 15) is 4.79 Å². The topological polar surface area (TPSA) is 78.9 Å². The fourth-order valence-electron chi connectivity index (χ4n) is 2.45. The summed E-state index contributed by atoms with van der Waals surface area (Å²) in [7, 11) is 0. The zero-order valence-electron chi connectivity index (χ0n) is 11.3. The number of benzene rings is 1. The standard InChI is InChI=1S/C14H18BrN3O2/c1-9-2-3-11(15)8-12(9)14(19)18-6-4-10(5-7-18)13(16)17-20/h2-3,8,10,20H,4-7H2,1H3,(H2,16,17). The number of amides is 1. The number of amidine groups is 1. The molecule has 1 heterocycles. The van der Waals surface area contributed by atoms with Crippen molar-refractivity contribution in [3.05, 3.63) is 33.8 Å². The second kappa shape index (κ2) is 6.26. The molecule has 108 valence electrons. The van der Waals surface area contributed by atoms with Gasteiger partial charge in [-0.05, 0) is 37.5 Å². The van der Waals surface area contributed by atoms with Crippen LogP contribution >= 0.6 is 15.9 Å². The van der Waals surface area contributed by atoms with Crippen molar-refractivity contribution in [1.29, 1.82) is 0 Å². The number of nitrogens with zero attached hydrogens (tertiary/aromatic N) is 2. The Hall–Kier alpha value is -1.56. The smallest absolute Gasteiger partial charge is 0.254 e. The Balaban J connectivity index is 2.07. The number of rotatable bonds is 2. The minimum atomic E-state index is 0.0433. The number of halogens is 1. The molecule has 0 atom stereocenters. The lowest BCUT2D eigenvalue weighted by Crippen LogP contribution is -2.42. The lowest BCUT2D eigenvalue weighted by atomic mass is 9.95. The van der Waals surface area contributed by atoms with Gasteiger partial charge in [-0.25, -0.2) is 0 Å². The summed E-state index contributed by atoms with van der Waals surface area (Å²) in [6, 6.07) is 5.71. The predicted octanol–water partition coefficient (Wildman–Crippen LogP) is 2.36. The lowest BCUT2D eigenvalue weighted by molar-refractivity contribution is 0.0708. The molecule has 0 spiro atoms. The van der Waals surface area contributed by atoms with Gasteiger partial charge < -0.3 is 15.8 Å². The van der Waals surface area contributed by atoms with Crippen LogP contribution in [0.15, 0.2) is 27.8 Å². The molecular weight excluding hydrogens is 322 g/mol. The Labute approximate surface area is 126 Å². The summed E-state index contributed by atoms with van der Waals surface area (Å²) in [4.78, 5) is 14.3. The average molecular weight is 340 g/mol. The highest BCUT2D eigenvalue weighted by Gasteiger charge is 2.26. The largest absolute Gasteiger partial charge is 0.409 e. The highest BCUT2D eigenvalue weighted by molar-refractivity contribution is 9.10. The Morgan fingerprint density at radius 2 is 2.10 bits per heavy atom. The summed E-state index contributed by atoms with van der Waals surface area (Å²) in [5.74, 6) is 0.366. The third-order valence-electron chi connectivity index (χ3n) is 3.75.